The van der Waals surface area contributed by atoms with Gasteiger partial charge in [0.05, 0.1) is 11.3 Å². The van der Waals surface area contributed by atoms with Gasteiger partial charge in [0.2, 0.25) is 5.91 Å². The molecule has 104 valence electrons. The molecule has 0 fully saturated rings. The maximum Gasteiger partial charge on any atom is 0.335 e. The molecule has 0 saturated carbocycles. The van der Waals surface area contributed by atoms with E-state index < -0.39 is 17.9 Å². The summed E-state index contributed by atoms with van der Waals surface area (Å²) in [4.78, 5) is 26.6. The number of hydrogen-bond acceptors (Lipinski definition) is 5. The number of rotatable bonds is 4. The number of carbonyl (C=O) groups excluding carboxylic acids is 1. The molecule has 1 atom stereocenters. The number of phenols is 1. The van der Waals surface area contributed by atoms with E-state index in [1.54, 1.807) is 6.92 Å². The molecule has 0 saturated heterocycles. The highest BCUT2D eigenvalue weighted by Crippen LogP contribution is 2.25. The van der Waals surface area contributed by atoms with E-state index in [1.165, 1.54) is 35.5 Å². The van der Waals surface area contributed by atoms with Gasteiger partial charge in [-0.15, -0.1) is 0 Å². The average molecular weight is 276 g/mol. The lowest BCUT2D eigenvalue weighted by molar-refractivity contribution is -0.119. The molecule has 8 heteroatoms. The number of amides is 1. The van der Waals surface area contributed by atoms with Crippen LogP contribution in [0.4, 0.5) is 5.69 Å². The molecule has 0 radical (unpaired) electrons. The largest absolute Gasteiger partial charge is 0.506 e. The van der Waals surface area contributed by atoms with Crippen LogP contribution in [0.3, 0.4) is 0 Å². The van der Waals surface area contributed by atoms with Crippen molar-refractivity contribution in [3.63, 3.8) is 0 Å². The number of carboxylic acid groups (broad SMARTS) is 1. The predicted molar refractivity (Wildman–Crippen MR) is 68.4 cm³/mol. The van der Waals surface area contributed by atoms with Crippen LogP contribution in [-0.4, -0.2) is 36.9 Å². The molecule has 1 amide bonds. The minimum Gasteiger partial charge on any atom is -0.506 e. The van der Waals surface area contributed by atoms with E-state index in [2.05, 4.69) is 15.4 Å². The highest BCUT2D eigenvalue weighted by atomic mass is 16.4. The third-order valence-electron chi connectivity index (χ3n) is 2.71. The van der Waals surface area contributed by atoms with Crippen LogP contribution < -0.4 is 5.32 Å². The highest BCUT2D eigenvalue weighted by molar-refractivity contribution is 5.97. The first-order valence-corrected chi connectivity index (χ1v) is 5.70. The second-order valence-electron chi connectivity index (χ2n) is 4.08. The fourth-order valence-corrected chi connectivity index (χ4v) is 1.54. The summed E-state index contributed by atoms with van der Waals surface area (Å²) in [6.45, 7) is 1.60. The van der Waals surface area contributed by atoms with E-state index in [4.69, 9.17) is 5.11 Å². The molecule has 1 aromatic carbocycles. The molecule has 3 N–H and O–H groups in total. The van der Waals surface area contributed by atoms with Crippen molar-refractivity contribution < 1.29 is 19.8 Å². The maximum absolute atomic E-state index is 12.0. The van der Waals surface area contributed by atoms with Crippen LogP contribution in [0.25, 0.3) is 0 Å². The number of benzene rings is 1. The first-order valence-electron chi connectivity index (χ1n) is 5.70. The van der Waals surface area contributed by atoms with Crippen molar-refractivity contribution in [2.45, 2.75) is 13.0 Å². The van der Waals surface area contributed by atoms with Gasteiger partial charge in [-0.25, -0.2) is 14.5 Å². The van der Waals surface area contributed by atoms with Crippen molar-refractivity contribution in [1.29, 1.82) is 0 Å². The molecule has 8 nitrogen and oxygen atoms in total. The van der Waals surface area contributed by atoms with Gasteiger partial charge in [0.15, 0.2) is 0 Å². The lowest BCUT2D eigenvalue weighted by atomic mass is 10.2. The standard InChI is InChI=1S/C12H12N4O4/c1-7(16-6-13-5-14-16)11(18)15-9-4-8(12(19)20)2-3-10(9)17/h2-7,17H,1H3,(H,15,18)(H,19,20). The zero-order valence-corrected chi connectivity index (χ0v) is 10.5. The first-order chi connectivity index (χ1) is 9.49. The van der Waals surface area contributed by atoms with Crippen LogP contribution in [-0.2, 0) is 4.79 Å². The van der Waals surface area contributed by atoms with Crippen LogP contribution in [0.1, 0.15) is 23.3 Å². The second kappa shape index (κ2) is 5.39. The fraction of sp³-hybridized carbons (Fsp3) is 0.167. The summed E-state index contributed by atoms with van der Waals surface area (Å²) in [7, 11) is 0. The SMILES string of the molecule is CC(C(=O)Nc1cc(C(=O)O)ccc1O)n1cncn1. The monoisotopic (exact) mass is 276 g/mol. The van der Waals surface area contributed by atoms with Gasteiger partial charge in [0, 0.05) is 0 Å². The van der Waals surface area contributed by atoms with Crippen molar-refractivity contribution in [2.75, 3.05) is 5.32 Å². The number of carboxylic acids is 1. The minimum atomic E-state index is -1.15. The van der Waals surface area contributed by atoms with E-state index >= 15 is 0 Å². The van der Waals surface area contributed by atoms with Gasteiger partial charge < -0.3 is 15.5 Å². The summed E-state index contributed by atoms with van der Waals surface area (Å²) in [6, 6.07) is 2.99. The van der Waals surface area contributed by atoms with Crippen LogP contribution >= 0.6 is 0 Å². The van der Waals surface area contributed by atoms with Crippen molar-refractivity contribution in [2.24, 2.45) is 0 Å². The van der Waals surface area contributed by atoms with Crippen molar-refractivity contribution >= 4 is 17.6 Å². The molecule has 2 rings (SSSR count). The van der Waals surface area contributed by atoms with Gasteiger partial charge in [-0.05, 0) is 25.1 Å². The quantitative estimate of drug-likeness (QED) is 0.713. The van der Waals surface area contributed by atoms with E-state index in [0.717, 1.165) is 0 Å². The van der Waals surface area contributed by atoms with E-state index in [-0.39, 0.29) is 17.0 Å². The Labute approximate surface area is 113 Å². The molecule has 20 heavy (non-hydrogen) atoms. The molecule has 0 aliphatic heterocycles. The molecule has 1 aromatic heterocycles. The van der Waals surface area contributed by atoms with Crippen LogP contribution in [0.5, 0.6) is 5.75 Å². The smallest absolute Gasteiger partial charge is 0.335 e. The van der Waals surface area contributed by atoms with Gasteiger partial charge in [-0.2, -0.15) is 5.10 Å². The maximum atomic E-state index is 12.0. The predicted octanol–water partition coefficient (Wildman–Crippen LogP) is 0.882. The molecular formula is C12H12N4O4. The Morgan fingerprint density at radius 1 is 1.40 bits per heavy atom. The normalized spacial score (nSPS) is 11.8. The summed E-state index contributed by atoms with van der Waals surface area (Å²) in [5.41, 5.74) is -0.00613. The zero-order chi connectivity index (χ0) is 14.7. The van der Waals surface area contributed by atoms with Crippen LogP contribution in [0.15, 0.2) is 30.9 Å². The lowest BCUT2D eigenvalue weighted by Crippen LogP contribution is -2.24. The molecule has 0 spiro atoms. The highest BCUT2D eigenvalue weighted by Gasteiger charge is 2.17. The zero-order valence-electron chi connectivity index (χ0n) is 10.5. The number of nitrogens with one attached hydrogen (secondary N) is 1. The summed E-state index contributed by atoms with van der Waals surface area (Å²) in [6.07, 6.45) is 2.68. The summed E-state index contributed by atoms with van der Waals surface area (Å²) < 4.78 is 1.34. The Morgan fingerprint density at radius 2 is 2.15 bits per heavy atom. The number of carbonyl (C=O) groups is 2. The number of aromatic nitrogens is 3. The summed E-state index contributed by atoms with van der Waals surface area (Å²) in [5.74, 6) is -1.81. The van der Waals surface area contributed by atoms with Gasteiger partial charge >= 0.3 is 5.97 Å². The Bertz CT molecular complexity index is 639. The number of aromatic carboxylic acids is 1. The number of phenolic OH excluding ortho intramolecular Hbond substituents is 1. The Balaban J connectivity index is 2.19. The third kappa shape index (κ3) is 2.74. The molecule has 0 bridgehead atoms. The minimum absolute atomic E-state index is 0.0295. The number of nitrogens with zero attached hydrogens (tertiary/aromatic N) is 3. The van der Waals surface area contributed by atoms with Gasteiger partial charge in [-0.3, -0.25) is 4.79 Å². The molecule has 1 unspecified atom stereocenters. The van der Waals surface area contributed by atoms with E-state index in [0.29, 0.717) is 0 Å². The van der Waals surface area contributed by atoms with Crippen LogP contribution in [0, 0.1) is 0 Å². The number of aromatic hydroxyl groups is 1. The first kappa shape index (κ1) is 13.5. The molecule has 0 aliphatic rings. The van der Waals surface area contributed by atoms with Gasteiger partial charge in [-0.1, -0.05) is 0 Å². The van der Waals surface area contributed by atoms with E-state index in [1.807, 2.05) is 0 Å². The van der Waals surface area contributed by atoms with Gasteiger partial charge in [0.1, 0.15) is 24.4 Å². The summed E-state index contributed by atoms with van der Waals surface area (Å²) in [5, 5.41) is 24.8. The van der Waals surface area contributed by atoms with Crippen molar-refractivity contribution in [3.8, 4) is 5.75 Å². The Hall–Kier alpha value is -2.90. The number of hydrogen-bond donors (Lipinski definition) is 3. The molecule has 2 aromatic rings. The van der Waals surface area contributed by atoms with Crippen molar-refractivity contribution in [1.82, 2.24) is 14.8 Å². The second-order valence-corrected chi connectivity index (χ2v) is 4.08. The fourth-order valence-electron chi connectivity index (χ4n) is 1.54. The van der Waals surface area contributed by atoms with Crippen molar-refractivity contribution in [3.05, 3.63) is 36.4 Å². The van der Waals surface area contributed by atoms with E-state index in [9.17, 15) is 14.7 Å². The van der Waals surface area contributed by atoms with Crippen LogP contribution in [0.2, 0.25) is 0 Å². The average Bonchev–Trinajstić information content (AvgIpc) is 2.94. The molecule has 0 aliphatic carbocycles. The Morgan fingerprint density at radius 3 is 2.75 bits per heavy atom. The third-order valence-corrected chi connectivity index (χ3v) is 2.71. The summed E-state index contributed by atoms with van der Waals surface area (Å²) >= 11 is 0. The van der Waals surface area contributed by atoms with Gasteiger partial charge in [0.25, 0.3) is 0 Å². The Kier molecular flexibility index (Phi) is 3.65. The topological polar surface area (TPSA) is 117 Å². The lowest BCUT2D eigenvalue weighted by Gasteiger charge is -2.13. The molecular weight excluding hydrogens is 264 g/mol. The molecule has 1 heterocycles. The number of anilines is 1.